The third kappa shape index (κ3) is 6.92. The maximum Gasteiger partial charge on any atom is 1.00 e. The summed E-state index contributed by atoms with van der Waals surface area (Å²) in [5.74, 6) is 0. The van der Waals surface area contributed by atoms with Crippen LogP contribution in [0.25, 0.3) is 0 Å². The van der Waals surface area contributed by atoms with Gasteiger partial charge in [0.15, 0.2) is 0 Å². The van der Waals surface area contributed by atoms with Gasteiger partial charge in [-0.2, -0.15) is 7.11 Å². The van der Waals surface area contributed by atoms with E-state index in [1.165, 1.54) is 12.8 Å². The van der Waals surface area contributed by atoms with Gasteiger partial charge in [0.05, 0.1) is 0 Å². The van der Waals surface area contributed by atoms with Gasteiger partial charge in [-0.1, -0.05) is 0 Å². The molecule has 0 unspecified atom stereocenters. The molecular formula is C5H11NaO2. The molecule has 0 radical (unpaired) electrons. The van der Waals surface area contributed by atoms with Gasteiger partial charge >= 0.3 is 29.6 Å². The van der Waals surface area contributed by atoms with Crippen LogP contribution in [0.4, 0.5) is 0 Å². The van der Waals surface area contributed by atoms with E-state index in [0.717, 1.165) is 20.3 Å². The van der Waals surface area contributed by atoms with Crippen LogP contribution in [0, 0.1) is 0 Å². The van der Waals surface area contributed by atoms with Crippen molar-refractivity contribution in [2.75, 3.05) is 20.3 Å². The molecule has 0 saturated carbocycles. The largest absolute Gasteiger partial charge is 1.00 e. The summed E-state index contributed by atoms with van der Waals surface area (Å²) in [5, 5.41) is 8.25. The van der Waals surface area contributed by atoms with Crippen LogP contribution in [0.5, 0.6) is 0 Å². The third-order valence-electron chi connectivity index (χ3n) is 0.827. The fraction of sp³-hybridized carbons (Fsp3) is 1.00. The van der Waals surface area contributed by atoms with Gasteiger partial charge < -0.3 is 9.84 Å². The first-order chi connectivity index (χ1) is 3.50. The van der Waals surface area contributed by atoms with Gasteiger partial charge in [-0.25, -0.2) is 0 Å². The van der Waals surface area contributed by atoms with Crippen LogP contribution in [0.3, 0.4) is 0 Å². The molecule has 1 rings (SSSR count). The average molecular weight is 126 g/mol. The van der Waals surface area contributed by atoms with Crippen molar-refractivity contribution < 1.29 is 39.4 Å². The molecule has 0 N–H and O–H groups in total. The quantitative estimate of drug-likeness (QED) is 0.320. The van der Waals surface area contributed by atoms with Gasteiger partial charge in [-0.3, -0.25) is 0 Å². The van der Waals surface area contributed by atoms with E-state index in [1.54, 1.807) is 0 Å². The molecule has 8 heavy (non-hydrogen) atoms. The molecule has 0 aromatic carbocycles. The Balaban J connectivity index is 0. The molecule has 1 heterocycles. The van der Waals surface area contributed by atoms with E-state index in [9.17, 15) is 0 Å². The zero-order chi connectivity index (χ0) is 5.54. The molecule has 1 aliphatic heterocycles. The Morgan fingerprint density at radius 2 is 1.50 bits per heavy atom. The second-order valence-corrected chi connectivity index (χ2v) is 1.32. The smallest absolute Gasteiger partial charge is 0.857 e. The summed E-state index contributed by atoms with van der Waals surface area (Å²) < 4.78 is 4.94. The SMILES string of the molecule is C1CCOC1.C[O-].[Na+]. The molecular weight excluding hydrogens is 115 g/mol. The van der Waals surface area contributed by atoms with Gasteiger partial charge in [0.2, 0.25) is 0 Å². The molecule has 1 fully saturated rings. The van der Waals surface area contributed by atoms with E-state index in [0.29, 0.717) is 0 Å². The van der Waals surface area contributed by atoms with Crippen molar-refractivity contribution >= 4 is 0 Å². The molecule has 0 aliphatic carbocycles. The van der Waals surface area contributed by atoms with Crippen LogP contribution in [0.2, 0.25) is 0 Å². The van der Waals surface area contributed by atoms with Crippen molar-refractivity contribution in [3.05, 3.63) is 0 Å². The number of rotatable bonds is 0. The molecule has 0 amide bonds. The van der Waals surface area contributed by atoms with Crippen LogP contribution in [0.15, 0.2) is 0 Å². The van der Waals surface area contributed by atoms with Gasteiger partial charge in [0, 0.05) is 13.2 Å². The summed E-state index contributed by atoms with van der Waals surface area (Å²) in [6.07, 6.45) is 2.56. The first-order valence-corrected chi connectivity index (χ1v) is 2.49. The van der Waals surface area contributed by atoms with E-state index in [2.05, 4.69) is 0 Å². The standard InChI is InChI=1S/C4H8O.CH3O.Na/c1-2-4-5-3-1;1-2;/h1-4H2;1H3;/q;-1;+1. The summed E-state index contributed by atoms with van der Waals surface area (Å²) in [4.78, 5) is 0. The summed E-state index contributed by atoms with van der Waals surface area (Å²) in [5.41, 5.74) is 0. The van der Waals surface area contributed by atoms with Crippen LogP contribution >= 0.6 is 0 Å². The maximum absolute atomic E-state index is 8.25. The zero-order valence-electron chi connectivity index (χ0n) is 5.64. The first kappa shape index (κ1) is 11.7. The minimum absolute atomic E-state index is 0. The Labute approximate surface area is 72.5 Å². The average Bonchev–Trinajstić information content (AvgIpc) is 2.23. The monoisotopic (exact) mass is 126 g/mol. The number of ether oxygens (including phenoxy) is 1. The molecule has 0 aromatic rings. The molecule has 1 saturated heterocycles. The predicted octanol–water partition coefficient (Wildman–Crippen LogP) is -3.22. The summed E-state index contributed by atoms with van der Waals surface area (Å²) >= 11 is 0. The molecule has 1 aliphatic rings. The second kappa shape index (κ2) is 10.8. The van der Waals surface area contributed by atoms with E-state index in [1.807, 2.05) is 0 Å². The summed E-state index contributed by atoms with van der Waals surface area (Å²) in [7, 11) is 0.750. The maximum atomic E-state index is 8.25. The first-order valence-electron chi connectivity index (χ1n) is 2.49. The summed E-state index contributed by atoms with van der Waals surface area (Å²) in [6, 6.07) is 0. The Kier molecular flexibility index (Phi) is 15.8. The molecule has 44 valence electrons. The van der Waals surface area contributed by atoms with Crippen LogP contribution in [-0.4, -0.2) is 20.3 Å². The van der Waals surface area contributed by atoms with Crippen LogP contribution in [-0.2, 0) is 4.74 Å². The second-order valence-electron chi connectivity index (χ2n) is 1.32. The van der Waals surface area contributed by atoms with Gasteiger partial charge in [-0.15, -0.1) is 0 Å². The minimum Gasteiger partial charge on any atom is -0.857 e. The third-order valence-corrected chi connectivity index (χ3v) is 0.827. The molecule has 0 spiro atoms. The molecule has 0 aromatic heterocycles. The molecule has 0 atom stereocenters. The minimum atomic E-state index is 0. The fourth-order valence-electron chi connectivity index (χ4n) is 0.510. The Bertz CT molecular complexity index is 22.0. The molecule has 2 nitrogen and oxygen atoms in total. The Hall–Kier alpha value is 0.920. The van der Waals surface area contributed by atoms with Crippen molar-refractivity contribution in [3.63, 3.8) is 0 Å². The molecule has 3 heteroatoms. The summed E-state index contributed by atoms with van der Waals surface area (Å²) in [6.45, 7) is 2.00. The van der Waals surface area contributed by atoms with E-state index < -0.39 is 0 Å². The van der Waals surface area contributed by atoms with Crippen LogP contribution in [0.1, 0.15) is 12.8 Å². The van der Waals surface area contributed by atoms with Crippen molar-refractivity contribution in [1.82, 2.24) is 0 Å². The van der Waals surface area contributed by atoms with Crippen molar-refractivity contribution in [2.24, 2.45) is 0 Å². The van der Waals surface area contributed by atoms with E-state index in [-0.39, 0.29) is 29.6 Å². The number of hydrogen-bond donors (Lipinski definition) is 0. The molecule has 0 bridgehead atoms. The Morgan fingerprint density at radius 3 is 1.62 bits per heavy atom. The van der Waals surface area contributed by atoms with E-state index in [4.69, 9.17) is 9.84 Å². The van der Waals surface area contributed by atoms with Gasteiger partial charge in [0.25, 0.3) is 0 Å². The van der Waals surface area contributed by atoms with Crippen molar-refractivity contribution in [1.29, 1.82) is 0 Å². The van der Waals surface area contributed by atoms with Gasteiger partial charge in [0.1, 0.15) is 0 Å². The fourth-order valence-corrected chi connectivity index (χ4v) is 0.510. The normalized spacial score (nSPS) is 15.8. The van der Waals surface area contributed by atoms with E-state index >= 15 is 0 Å². The van der Waals surface area contributed by atoms with Crippen LogP contribution < -0.4 is 34.7 Å². The van der Waals surface area contributed by atoms with Crippen molar-refractivity contribution in [2.45, 2.75) is 12.8 Å². The topological polar surface area (TPSA) is 32.3 Å². The zero-order valence-corrected chi connectivity index (χ0v) is 7.64. The predicted molar refractivity (Wildman–Crippen MR) is 26.0 cm³/mol. The van der Waals surface area contributed by atoms with Gasteiger partial charge in [-0.05, 0) is 12.8 Å². The number of hydrogen-bond acceptors (Lipinski definition) is 2. The Morgan fingerprint density at radius 1 is 1.12 bits per heavy atom. The van der Waals surface area contributed by atoms with Crippen molar-refractivity contribution in [3.8, 4) is 0 Å².